The van der Waals surface area contributed by atoms with Gasteiger partial charge in [0.15, 0.2) is 0 Å². The van der Waals surface area contributed by atoms with E-state index in [-0.39, 0.29) is 30.1 Å². The van der Waals surface area contributed by atoms with Gasteiger partial charge < -0.3 is 9.80 Å². The first-order chi connectivity index (χ1) is 14.0. The number of rotatable bonds is 4. The lowest BCUT2D eigenvalue weighted by Gasteiger charge is -2.55. The highest BCUT2D eigenvalue weighted by Crippen LogP contribution is 2.41. The van der Waals surface area contributed by atoms with Crippen LogP contribution in [0.2, 0.25) is 0 Å². The molecule has 3 aliphatic rings. The Balaban J connectivity index is 1.70. The molecular formula is C25H36N2O2. The van der Waals surface area contributed by atoms with E-state index < -0.39 is 5.41 Å². The summed E-state index contributed by atoms with van der Waals surface area (Å²) in [5.74, 6) is 0.107. The lowest BCUT2D eigenvalue weighted by atomic mass is 9.76. The van der Waals surface area contributed by atoms with Crippen molar-refractivity contribution < 1.29 is 9.59 Å². The van der Waals surface area contributed by atoms with Gasteiger partial charge in [-0.1, -0.05) is 68.9 Å². The van der Waals surface area contributed by atoms with Crippen LogP contribution in [0.5, 0.6) is 0 Å². The predicted molar refractivity (Wildman–Crippen MR) is 115 cm³/mol. The van der Waals surface area contributed by atoms with Gasteiger partial charge in [-0.05, 0) is 51.5 Å². The van der Waals surface area contributed by atoms with Crippen molar-refractivity contribution >= 4 is 11.8 Å². The Hall–Kier alpha value is -1.84. The summed E-state index contributed by atoms with van der Waals surface area (Å²) < 4.78 is 0. The van der Waals surface area contributed by atoms with Gasteiger partial charge in [-0.15, -0.1) is 0 Å². The van der Waals surface area contributed by atoms with E-state index in [2.05, 4.69) is 16.7 Å². The van der Waals surface area contributed by atoms with E-state index in [1.54, 1.807) is 0 Å². The molecule has 0 atom stereocenters. The average molecular weight is 397 g/mol. The van der Waals surface area contributed by atoms with E-state index >= 15 is 0 Å². The number of carbonyl (C=O) groups is 2. The highest BCUT2D eigenvalue weighted by Gasteiger charge is 2.55. The molecule has 2 amide bonds. The first kappa shape index (κ1) is 20.4. The number of hydrogen-bond donors (Lipinski definition) is 0. The molecular weight excluding hydrogens is 360 g/mol. The van der Waals surface area contributed by atoms with Gasteiger partial charge >= 0.3 is 0 Å². The van der Waals surface area contributed by atoms with Crippen LogP contribution in [0.4, 0.5) is 0 Å². The van der Waals surface area contributed by atoms with Crippen LogP contribution in [0.15, 0.2) is 30.3 Å². The monoisotopic (exact) mass is 396 g/mol. The number of carbonyl (C=O) groups excluding carboxylic acids is 2. The SMILES string of the molecule is CC1N(C2CCCCC2)C(=O)C(C)(Cc2ccccc2)C(=O)N1C1CCCCC1. The molecule has 1 saturated heterocycles. The third kappa shape index (κ3) is 3.83. The fraction of sp³-hybridized carbons (Fsp3) is 0.680. The molecule has 2 aliphatic carbocycles. The molecule has 1 aromatic rings. The maximum Gasteiger partial charge on any atom is 0.240 e. The fourth-order valence-electron chi connectivity index (χ4n) is 5.95. The molecule has 4 heteroatoms. The zero-order chi connectivity index (χ0) is 20.4. The summed E-state index contributed by atoms with van der Waals surface area (Å²) in [4.78, 5) is 32.0. The molecule has 0 spiro atoms. The Kier molecular flexibility index (Phi) is 5.98. The van der Waals surface area contributed by atoms with Gasteiger partial charge in [0.25, 0.3) is 0 Å². The van der Waals surface area contributed by atoms with E-state index in [0.717, 1.165) is 31.2 Å². The van der Waals surface area contributed by atoms with Crippen molar-refractivity contribution in [3.8, 4) is 0 Å². The second kappa shape index (κ2) is 8.49. The zero-order valence-electron chi connectivity index (χ0n) is 18.1. The topological polar surface area (TPSA) is 40.6 Å². The molecule has 1 aromatic carbocycles. The highest BCUT2D eigenvalue weighted by atomic mass is 16.2. The van der Waals surface area contributed by atoms with Crippen LogP contribution in [-0.2, 0) is 16.0 Å². The molecule has 1 heterocycles. The summed E-state index contributed by atoms with van der Waals surface area (Å²) in [5, 5.41) is 0. The minimum absolute atomic E-state index is 0.0535. The number of hydrogen-bond acceptors (Lipinski definition) is 2. The first-order valence-electron chi connectivity index (χ1n) is 11.7. The van der Waals surface area contributed by atoms with Crippen LogP contribution >= 0.6 is 0 Å². The standard InChI is InChI=1S/C25H36N2O2/c1-19-26(21-14-8-4-9-15-21)23(28)25(2,18-20-12-6-3-7-13-20)24(29)27(19)22-16-10-5-11-17-22/h3,6-7,12-13,19,21-22H,4-5,8-11,14-18H2,1-2H3. The summed E-state index contributed by atoms with van der Waals surface area (Å²) in [6.45, 7) is 4.00. The highest BCUT2D eigenvalue weighted by molar-refractivity contribution is 6.07. The van der Waals surface area contributed by atoms with Crippen molar-refractivity contribution in [2.75, 3.05) is 0 Å². The maximum atomic E-state index is 13.9. The summed E-state index contributed by atoms with van der Waals surface area (Å²) in [6.07, 6.45) is 11.9. The van der Waals surface area contributed by atoms with E-state index in [9.17, 15) is 9.59 Å². The molecule has 4 rings (SSSR count). The quantitative estimate of drug-likeness (QED) is 0.678. The predicted octanol–water partition coefficient (Wildman–Crippen LogP) is 4.92. The van der Waals surface area contributed by atoms with E-state index in [4.69, 9.17) is 0 Å². The lowest BCUT2D eigenvalue weighted by molar-refractivity contribution is -0.182. The molecule has 0 radical (unpaired) electrons. The summed E-state index contributed by atoms with van der Waals surface area (Å²) in [7, 11) is 0. The number of nitrogens with zero attached hydrogens (tertiary/aromatic N) is 2. The van der Waals surface area contributed by atoms with Crippen molar-refractivity contribution in [2.24, 2.45) is 5.41 Å². The van der Waals surface area contributed by atoms with Gasteiger partial charge in [-0.25, -0.2) is 0 Å². The van der Waals surface area contributed by atoms with Gasteiger partial charge in [-0.2, -0.15) is 0 Å². The average Bonchev–Trinajstić information content (AvgIpc) is 2.75. The minimum atomic E-state index is -0.997. The molecule has 0 aromatic heterocycles. The number of amides is 2. The van der Waals surface area contributed by atoms with Crippen molar-refractivity contribution in [2.45, 2.75) is 103 Å². The summed E-state index contributed by atoms with van der Waals surface area (Å²) in [6, 6.07) is 10.6. The van der Waals surface area contributed by atoms with Crippen molar-refractivity contribution in [1.82, 2.24) is 9.80 Å². The Bertz CT molecular complexity index is 682. The Labute approximate surface area is 175 Å². The second-order valence-corrected chi connectivity index (χ2v) is 9.63. The molecule has 0 N–H and O–H groups in total. The van der Waals surface area contributed by atoms with E-state index in [0.29, 0.717) is 6.42 Å². The van der Waals surface area contributed by atoms with Gasteiger partial charge in [0, 0.05) is 12.1 Å². The molecule has 0 bridgehead atoms. The van der Waals surface area contributed by atoms with Crippen molar-refractivity contribution in [1.29, 1.82) is 0 Å². The Morgan fingerprint density at radius 2 is 1.24 bits per heavy atom. The van der Waals surface area contributed by atoms with E-state index in [1.165, 1.54) is 38.5 Å². The Morgan fingerprint density at radius 1 is 0.793 bits per heavy atom. The van der Waals surface area contributed by atoms with Crippen LogP contribution in [0.25, 0.3) is 0 Å². The fourth-order valence-corrected chi connectivity index (χ4v) is 5.95. The van der Waals surface area contributed by atoms with Gasteiger partial charge in [0.05, 0.1) is 0 Å². The van der Waals surface area contributed by atoms with Gasteiger partial charge in [-0.3, -0.25) is 9.59 Å². The minimum Gasteiger partial charge on any atom is -0.318 e. The van der Waals surface area contributed by atoms with Crippen molar-refractivity contribution in [3.05, 3.63) is 35.9 Å². The van der Waals surface area contributed by atoms with Crippen LogP contribution in [-0.4, -0.2) is 39.9 Å². The smallest absolute Gasteiger partial charge is 0.240 e. The summed E-state index contributed by atoms with van der Waals surface area (Å²) >= 11 is 0. The lowest BCUT2D eigenvalue weighted by Crippen LogP contribution is -2.70. The maximum absolute atomic E-state index is 13.9. The third-order valence-corrected chi connectivity index (χ3v) is 7.55. The molecule has 2 saturated carbocycles. The molecule has 4 nitrogen and oxygen atoms in total. The Morgan fingerprint density at radius 3 is 1.69 bits per heavy atom. The number of benzene rings is 1. The molecule has 1 aliphatic heterocycles. The molecule has 158 valence electrons. The van der Waals surface area contributed by atoms with Crippen molar-refractivity contribution in [3.63, 3.8) is 0 Å². The van der Waals surface area contributed by atoms with E-state index in [1.807, 2.05) is 37.3 Å². The summed E-state index contributed by atoms with van der Waals surface area (Å²) in [5.41, 5.74) is 0.0707. The van der Waals surface area contributed by atoms with Crippen LogP contribution in [0.3, 0.4) is 0 Å². The second-order valence-electron chi connectivity index (χ2n) is 9.63. The molecule has 29 heavy (non-hydrogen) atoms. The molecule has 3 fully saturated rings. The zero-order valence-corrected chi connectivity index (χ0v) is 18.1. The van der Waals surface area contributed by atoms with Crippen LogP contribution < -0.4 is 0 Å². The molecule has 0 unspecified atom stereocenters. The van der Waals surface area contributed by atoms with Gasteiger partial charge in [0.2, 0.25) is 11.8 Å². The van der Waals surface area contributed by atoms with Gasteiger partial charge in [0.1, 0.15) is 11.6 Å². The normalized spacial score (nSPS) is 30.1. The largest absolute Gasteiger partial charge is 0.318 e. The first-order valence-corrected chi connectivity index (χ1v) is 11.7. The van der Waals surface area contributed by atoms with Crippen LogP contribution in [0, 0.1) is 5.41 Å². The third-order valence-electron chi connectivity index (χ3n) is 7.55. The van der Waals surface area contributed by atoms with Crippen LogP contribution in [0.1, 0.15) is 83.6 Å².